The second kappa shape index (κ2) is 10.4. The van der Waals surface area contributed by atoms with Gasteiger partial charge >= 0.3 is 0 Å². The summed E-state index contributed by atoms with van der Waals surface area (Å²) < 4.78 is 11.5. The molecule has 0 atom stereocenters. The second-order valence-corrected chi connectivity index (χ2v) is 8.72. The minimum absolute atomic E-state index is 0.293. The maximum Gasteiger partial charge on any atom is 0.289 e. The summed E-state index contributed by atoms with van der Waals surface area (Å²) in [5.41, 5.74) is 9.44. The van der Waals surface area contributed by atoms with Crippen LogP contribution in [0.5, 0.6) is 11.5 Å². The highest BCUT2D eigenvalue weighted by Crippen LogP contribution is 2.32. The van der Waals surface area contributed by atoms with Crippen LogP contribution in [-0.2, 0) is 6.61 Å². The first-order valence-corrected chi connectivity index (χ1v) is 11.8. The van der Waals surface area contributed by atoms with Crippen molar-refractivity contribution in [2.24, 2.45) is 5.10 Å². The summed E-state index contributed by atoms with van der Waals surface area (Å²) in [7, 11) is 1.59. The minimum Gasteiger partial charge on any atom is -0.493 e. The first kappa shape index (κ1) is 23.9. The lowest BCUT2D eigenvalue weighted by Crippen LogP contribution is -2.18. The normalized spacial score (nSPS) is 11.2. The van der Waals surface area contributed by atoms with Gasteiger partial charge in [-0.2, -0.15) is 10.2 Å². The van der Waals surface area contributed by atoms with E-state index in [9.17, 15) is 4.79 Å². The van der Waals surface area contributed by atoms with Gasteiger partial charge in [-0.1, -0.05) is 48.0 Å². The fourth-order valence-electron chi connectivity index (χ4n) is 4.06. The Hall–Kier alpha value is -4.85. The molecule has 0 bridgehead atoms. The first-order valence-electron chi connectivity index (χ1n) is 11.8. The predicted molar refractivity (Wildman–Crippen MR) is 144 cm³/mol. The maximum atomic E-state index is 12.6. The number of fused-ring (bicyclic) bond motifs is 1. The molecule has 0 aliphatic heterocycles. The molecule has 0 unspecified atom stereocenters. The number of carbonyl (C=O) groups excluding carboxylic acids is 1. The monoisotopic (exact) mass is 493 g/mol. The summed E-state index contributed by atoms with van der Waals surface area (Å²) in [4.78, 5) is 15.9. The predicted octanol–water partition coefficient (Wildman–Crippen LogP) is 5.53. The lowest BCUT2D eigenvalue weighted by Gasteiger charge is -2.12. The van der Waals surface area contributed by atoms with E-state index in [1.165, 1.54) is 5.56 Å². The smallest absolute Gasteiger partial charge is 0.289 e. The molecule has 186 valence electrons. The van der Waals surface area contributed by atoms with Crippen LogP contribution in [0, 0.1) is 13.8 Å². The van der Waals surface area contributed by atoms with Crippen molar-refractivity contribution in [2.45, 2.75) is 20.5 Å². The minimum atomic E-state index is -0.391. The molecular weight excluding hydrogens is 466 g/mol. The van der Waals surface area contributed by atoms with Crippen LogP contribution in [0.1, 0.15) is 32.9 Å². The van der Waals surface area contributed by atoms with Crippen molar-refractivity contribution in [1.82, 2.24) is 20.6 Å². The lowest BCUT2D eigenvalue weighted by atomic mass is 10.1. The highest BCUT2D eigenvalue weighted by atomic mass is 16.5. The van der Waals surface area contributed by atoms with Gasteiger partial charge in [0.2, 0.25) is 0 Å². The number of rotatable bonds is 8. The molecule has 8 heteroatoms. The molecule has 8 nitrogen and oxygen atoms in total. The molecule has 3 aromatic carbocycles. The van der Waals surface area contributed by atoms with Gasteiger partial charge in [0.05, 0.1) is 19.0 Å². The fourth-order valence-corrected chi connectivity index (χ4v) is 4.06. The van der Waals surface area contributed by atoms with Crippen LogP contribution in [0.4, 0.5) is 0 Å². The number of hydrogen-bond acceptors (Lipinski definition) is 5. The Morgan fingerprint density at radius 2 is 1.84 bits per heavy atom. The second-order valence-electron chi connectivity index (χ2n) is 8.72. The summed E-state index contributed by atoms with van der Waals surface area (Å²) in [6.45, 7) is 4.45. The van der Waals surface area contributed by atoms with Crippen molar-refractivity contribution in [2.75, 3.05) is 7.11 Å². The quantitative estimate of drug-likeness (QED) is 0.195. The molecular formula is C29H27N5O3. The Balaban J connectivity index is 1.26. The van der Waals surface area contributed by atoms with Crippen LogP contribution in [0.15, 0.2) is 77.9 Å². The molecule has 2 aromatic heterocycles. The van der Waals surface area contributed by atoms with Gasteiger partial charge in [0.25, 0.3) is 5.91 Å². The van der Waals surface area contributed by atoms with Gasteiger partial charge < -0.3 is 14.5 Å². The number of nitrogens with zero attached hydrogens (tertiary/aromatic N) is 2. The Morgan fingerprint density at radius 3 is 2.65 bits per heavy atom. The van der Waals surface area contributed by atoms with Gasteiger partial charge in [-0.3, -0.25) is 9.89 Å². The van der Waals surface area contributed by atoms with E-state index in [0.29, 0.717) is 29.5 Å². The summed E-state index contributed by atoms with van der Waals surface area (Å²) >= 11 is 0. The van der Waals surface area contributed by atoms with E-state index in [1.807, 2.05) is 61.5 Å². The van der Waals surface area contributed by atoms with Gasteiger partial charge in [-0.05, 0) is 49.7 Å². The molecule has 37 heavy (non-hydrogen) atoms. The van der Waals surface area contributed by atoms with Gasteiger partial charge in [0.1, 0.15) is 12.3 Å². The highest BCUT2D eigenvalue weighted by Gasteiger charge is 2.14. The van der Waals surface area contributed by atoms with E-state index in [2.05, 4.69) is 44.8 Å². The Kier molecular flexibility index (Phi) is 6.72. The summed E-state index contributed by atoms with van der Waals surface area (Å²) in [5.74, 6) is 0.817. The topological polar surface area (TPSA) is 104 Å². The zero-order valence-corrected chi connectivity index (χ0v) is 20.8. The fraction of sp³-hybridized carbons (Fsp3) is 0.138. The Morgan fingerprint density at radius 1 is 1.03 bits per heavy atom. The molecule has 5 aromatic rings. The third-order valence-electron chi connectivity index (χ3n) is 6.10. The summed E-state index contributed by atoms with van der Waals surface area (Å²) in [6, 6.07) is 23.4. The molecule has 0 saturated carbocycles. The van der Waals surface area contributed by atoms with E-state index in [4.69, 9.17) is 9.47 Å². The third-order valence-corrected chi connectivity index (χ3v) is 6.10. The van der Waals surface area contributed by atoms with Crippen molar-refractivity contribution in [1.29, 1.82) is 0 Å². The van der Waals surface area contributed by atoms with E-state index in [-0.39, 0.29) is 0 Å². The van der Waals surface area contributed by atoms with Crippen LogP contribution in [0.2, 0.25) is 0 Å². The number of benzene rings is 3. The number of para-hydroxylation sites is 1. The molecule has 0 radical (unpaired) electrons. The zero-order chi connectivity index (χ0) is 25.8. The van der Waals surface area contributed by atoms with Crippen molar-refractivity contribution in [3.8, 4) is 22.8 Å². The summed E-state index contributed by atoms with van der Waals surface area (Å²) in [6.07, 6.45) is 1.64. The molecule has 2 heterocycles. The molecule has 3 N–H and O–H groups in total. The molecule has 0 saturated heterocycles. The number of aryl methyl sites for hydroxylation is 2. The molecule has 0 fully saturated rings. The van der Waals surface area contributed by atoms with Crippen LogP contribution in [-0.4, -0.2) is 34.4 Å². The molecule has 1 amide bonds. The Bertz CT molecular complexity index is 1580. The van der Waals surface area contributed by atoms with Gasteiger partial charge in [0, 0.05) is 27.7 Å². The van der Waals surface area contributed by atoms with Crippen LogP contribution >= 0.6 is 0 Å². The van der Waals surface area contributed by atoms with Gasteiger partial charge in [0.15, 0.2) is 11.5 Å². The van der Waals surface area contributed by atoms with Gasteiger partial charge in [-0.25, -0.2) is 5.43 Å². The third kappa shape index (κ3) is 5.23. The number of aromatic nitrogens is 3. The molecule has 5 rings (SSSR count). The zero-order valence-electron chi connectivity index (χ0n) is 20.8. The summed E-state index contributed by atoms with van der Waals surface area (Å²) in [5, 5.41) is 12.3. The van der Waals surface area contributed by atoms with E-state index in [0.717, 1.165) is 33.3 Å². The van der Waals surface area contributed by atoms with Crippen LogP contribution in [0.3, 0.4) is 0 Å². The largest absolute Gasteiger partial charge is 0.493 e. The molecule has 0 aliphatic rings. The van der Waals surface area contributed by atoms with Crippen molar-refractivity contribution in [3.63, 3.8) is 0 Å². The lowest BCUT2D eigenvalue weighted by molar-refractivity contribution is 0.0950. The number of hydrazone groups is 1. The maximum absolute atomic E-state index is 12.6. The van der Waals surface area contributed by atoms with Crippen LogP contribution in [0.25, 0.3) is 22.2 Å². The number of hydrogen-bond donors (Lipinski definition) is 3. The SMILES string of the molecule is COc1cc(-c2cc(C(=O)NN=Cc3c(C)[nH]c4ccccc34)[nH]n2)ccc1OCc1ccc(C)cc1. The van der Waals surface area contributed by atoms with E-state index < -0.39 is 5.91 Å². The number of ether oxygens (including phenoxy) is 2. The Labute approximate surface area is 214 Å². The van der Waals surface area contributed by atoms with E-state index >= 15 is 0 Å². The van der Waals surface area contributed by atoms with Crippen molar-refractivity contribution < 1.29 is 14.3 Å². The number of amides is 1. The number of methoxy groups -OCH3 is 1. The standard InChI is InChI=1S/C29H27N5O3/c1-18-8-10-20(11-9-18)17-37-27-13-12-21(14-28(27)36-3)25-15-26(33-32-25)29(35)34-30-16-23-19(2)31-24-7-5-4-6-22(23)24/h4-16,31H,17H2,1-3H3,(H,32,33)(H,34,35). The van der Waals surface area contributed by atoms with Gasteiger partial charge in [-0.15, -0.1) is 0 Å². The number of nitrogens with one attached hydrogen (secondary N) is 3. The highest BCUT2D eigenvalue weighted by molar-refractivity contribution is 6.01. The average molecular weight is 494 g/mol. The molecule has 0 aliphatic carbocycles. The van der Waals surface area contributed by atoms with Crippen LogP contribution < -0.4 is 14.9 Å². The molecule has 0 spiro atoms. The van der Waals surface area contributed by atoms with Crippen molar-refractivity contribution >= 4 is 23.0 Å². The first-order chi connectivity index (χ1) is 18.0. The average Bonchev–Trinajstić information content (AvgIpc) is 3.53. The number of aromatic amines is 2. The number of H-pyrrole nitrogens is 2. The van der Waals surface area contributed by atoms with E-state index in [1.54, 1.807) is 19.4 Å². The number of carbonyl (C=O) groups is 1. The van der Waals surface area contributed by atoms with Crippen molar-refractivity contribution in [3.05, 3.63) is 101 Å².